The number of anilines is 1. The summed E-state index contributed by atoms with van der Waals surface area (Å²) in [6, 6.07) is 17.1. The topological polar surface area (TPSA) is 71.7 Å². The van der Waals surface area contributed by atoms with E-state index in [1.54, 1.807) is 7.11 Å². The van der Waals surface area contributed by atoms with Crippen LogP contribution in [0.4, 0.5) is 5.69 Å². The van der Waals surface area contributed by atoms with Crippen LogP contribution in [0.25, 0.3) is 11.1 Å². The Morgan fingerprint density at radius 1 is 1.04 bits per heavy atom. The van der Waals surface area contributed by atoms with E-state index in [1.165, 1.54) is 6.07 Å². The fourth-order valence-corrected chi connectivity index (χ4v) is 2.63. The second-order valence-electron chi connectivity index (χ2n) is 5.86. The Morgan fingerprint density at radius 3 is 2.23 bits per heavy atom. The van der Waals surface area contributed by atoms with Crippen molar-refractivity contribution in [2.24, 2.45) is 0 Å². The van der Waals surface area contributed by atoms with E-state index in [1.807, 2.05) is 55.5 Å². The van der Waals surface area contributed by atoms with Crippen molar-refractivity contribution < 1.29 is 14.3 Å². The standard InChI is InChI=1S/C21H21NO4/c1-3-17-12-19(23)21(24)20(26-17)13-22-16-8-4-14(5-9-16)15-6-10-18(25-2)11-7-15/h4-12,22,24H,3,13H2,1-2H3. The predicted octanol–water partition coefficient (Wildman–Crippen LogP) is 4.20. The van der Waals surface area contributed by atoms with Gasteiger partial charge in [0.15, 0.2) is 5.76 Å². The van der Waals surface area contributed by atoms with Crippen LogP contribution >= 0.6 is 0 Å². The molecule has 3 rings (SSSR count). The fourth-order valence-electron chi connectivity index (χ4n) is 2.63. The van der Waals surface area contributed by atoms with E-state index in [0.717, 1.165) is 22.6 Å². The molecule has 5 nitrogen and oxygen atoms in total. The number of rotatable bonds is 6. The molecule has 0 bridgehead atoms. The quantitative estimate of drug-likeness (QED) is 0.696. The molecule has 5 heteroatoms. The van der Waals surface area contributed by atoms with Crippen LogP contribution in [0.15, 0.2) is 63.8 Å². The molecule has 1 aromatic heterocycles. The summed E-state index contributed by atoms with van der Waals surface area (Å²) >= 11 is 0. The minimum Gasteiger partial charge on any atom is -0.502 e. The third kappa shape index (κ3) is 3.88. The van der Waals surface area contributed by atoms with Crippen LogP contribution in [0.5, 0.6) is 11.5 Å². The maximum absolute atomic E-state index is 11.7. The number of aryl methyl sites for hydroxylation is 1. The molecular formula is C21H21NO4. The van der Waals surface area contributed by atoms with Crippen LogP contribution in [0.2, 0.25) is 0 Å². The molecule has 0 spiro atoms. The predicted molar refractivity (Wildman–Crippen MR) is 102 cm³/mol. The van der Waals surface area contributed by atoms with Gasteiger partial charge in [-0.15, -0.1) is 0 Å². The summed E-state index contributed by atoms with van der Waals surface area (Å²) in [5.41, 5.74) is 2.63. The molecule has 0 amide bonds. The number of ether oxygens (including phenoxy) is 1. The summed E-state index contributed by atoms with van der Waals surface area (Å²) in [5.74, 6) is 1.28. The lowest BCUT2D eigenvalue weighted by Crippen LogP contribution is -2.08. The monoisotopic (exact) mass is 351 g/mol. The van der Waals surface area contributed by atoms with Gasteiger partial charge in [-0.3, -0.25) is 4.79 Å². The summed E-state index contributed by atoms with van der Waals surface area (Å²) in [5, 5.41) is 13.0. The Hall–Kier alpha value is -3.21. The lowest BCUT2D eigenvalue weighted by molar-refractivity contribution is 0.386. The zero-order valence-corrected chi connectivity index (χ0v) is 14.8. The van der Waals surface area contributed by atoms with Gasteiger partial charge >= 0.3 is 0 Å². The Balaban J connectivity index is 1.72. The zero-order valence-electron chi connectivity index (χ0n) is 14.8. The van der Waals surface area contributed by atoms with E-state index in [9.17, 15) is 9.90 Å². The molecule has 0 aliphatic heterocycles. The average molecular weight is 351 g/mol. The van der Waals surface area contributed by atoms with Gasteiger partial charge in [-0.25, -0.2) is 0 Å². The molecular weight excluding hydrogens is 330 g/mol. The van der Waals surface area contributed by atoms with Crippen LogP contribution in [-0.2, 0) is 13.0 Å². The van der Waals surface area contributed by atoms with Crippen molar-refractivity contribution in [2.75, 3.05) is 12.4 Å². The fraction of sp³-hybridized carbons (Fsp3) is 0.190. The molecule has 2 N–H and O–H groups in total. The minimum atomic E-state index is -0.417. The molecule has 0 fully saturated rings. The Morgan fingerprint density at radius 2 is 1.65 bits per heavy atom. The van der Waals surface area contributed by atoms with Crippen molar-refractivity contribution in [3.8, 4) is 22.6 Å². The van der Waals surface area contributed by atoms with Gasteiger partial charge in [0, 0.05) is 18.2 Å². The molecule has 26 heavy (non-hydrogen) atoms. The number of aromatic hydroxyl groups is 1. The van der Waals surface area contributed by atoms with Gasteiger partial charge in [-0.2, -0.15) is 0 Å². The third-order valence-corrected chi connectivity index (χ3v) is 4.15. The van der Waals surface area contributed by atoms with Crippen LogP contribution in [0.3, 0.4) is 0 Å². The highest BCUT2D eigenvalue weighted by Crippen LogP contribution is 2.24. The smallest absolute Gasteiger partial charge is 0.227 e. The van der Waals surface area contributed by atoms with Gasteiger partial charge in [0.05, 0.1) is 13.7 Å². The highest BCUT2D eigenvalue weighted by Gasteiger charge is 2.10. The first-order valence-corrected chi connectivity index (χ1v) is 8.44. The molecule has 0 saturated heterocycles. The normalized spacial score (nSPS) is 10.5. The van der Waals surface area contributed by atoms with Gasteiger partial charge in [0.1, 0.15) is 11.5 Å². The summed E-state index contributed by atoms with van der Waals surface area (Å²) < 4.78 is 10.7. The summed E-state index contributed by atoms with van der Waals surface area (Å²) in [6.07, 6.45) is 0.596. The number of hydrogen-bond acceptors (Lipinski definition) is 5. The number of nitrogens with one attached hydrogen (secondary N) is 1. The first kappa shape index (κ1) is 17.6. The Labute approximate surface area is 151 Å². The van der Waals surface area contributed by atoms with Crippen LogP contribution in [-0.4, -0.2) is 12.2 Å². The summed E-state index contributed by atoms with van der Waals surface area (Å²) in [4.78, 5) is 11.7. The lowest BCUT2D eigenvalue weighted by atomic mass is 10.1. The van der Waals surface area contributed by atoms with Crippen LogP contribution < -0.4 is 15.5 Å². The third-order valence-electron chi connectivity index (χ3n) is 4.15. The van der Waals surface area contributed by atoms with Gasteiger partial charge < -0.3 is 19.6 Å². The van der Waals surface area contributed by atoms with E-state index in [2.05, 4.69) is 5.32 Å². The first-order chi connectivity index (χ1) is 12.6. The molecule has 3 aromatic rings. The maximum atomic E-state index is 11.7. The molecule has 1 heterocycles. The lowest BCUT2D eigenvalue weighted by Gasteiger charge is -2.09. The van der Waals surface area contributed by atoms with Crippen molar-refractivity contribution in [2.45, 2.75) is 19.9 Å². The van der Waals surface area contributed by atoms with Crippen molar-refractivity contribution in [1.29, 1.82) is 0 Å². The number of methoxy groups -OCH3 is 1. The summed E-state index contributed by atoms with van der Waals surface area (Å²) in [7, 11) is 1.64. The summed E-state index contributed by atoms with van der Waals surface area (Å²) in [6.45, 7) is 2.13. The van der Waals surface area contributed by atoms with E-state index in [-0.39, 0.29) is 18.1 Å². The van der Waals surface area contributed by atoms with E-state index >= 15 is 0 Å². The first-order valence-electron chi connectivity index (χ1n) is 8.44. The molecule has 0 unspecified atom stereocenters. The van der Waals surface area contributed by atoms with Gasteiger partial charge in [0.25, 0.3) is 0 Å². The van der Waals surface area contributed by atoms with Crippen molar-refractivity contribution >= 4 is 5.69 Å². The molecule has 134 valence electrons. The molecule has 0 aliphatic carbocycles. The van der Waals surface area contributed by atoms with Crippen molar-refractivity contribution in [3.05, 3.63) is 76.3 Å². The number of benzene rings is 2. The van der Waals surface area contributed by atoms with Crippen molar-refractivity contribution in [3.63, 3.8) is 0 Å². The Bertz CT molecular complexity index is 928. The van der Waals surface area contributed by atoms with E-state index < -0.39 is 5.43 Å². The van der Waals surface area contributed by atoms with E-state index in [0.29, 0.717) is 12.2 Å². The molecule has 2 aromatic carbocycles. The highest BCUT2D eigenvalue weighted by atomic mass is 16.5. The largest absolute Gasteiger partial charge is 0.502 e. The average Bonchev–Trinajstić information content (AvgIpc) is 2.69. The maximum Gasteiger partial charge on any atom is 0.227 e. The minimum absolute atomic E-state index is 0.233. The van der Waals surface area contributed by atoms with Crippen molar-refractivity contribution in [1.82, 2.24) is 0 Å². The molecule has 0 radical (unpaired) electrons. The van der Waals surface area contributed by atoms with Crippen LogP contribution in [0.1, 0.15) is 18.4 Å². The van der Waals surface area contributed by atoms with Crippen LogP contribution in [0, 0.1) is 0 Å². The molecule has 0 aliphatic rings. The highest BCUT2D eigenvalue weighted by molar-refractivity contribution is 5.66. The Kier molecular flexibility index (Phi) is 5.27. The number of hydrogen-bond donors (Lipinski definition) is 2. The molecule has 0 saturated carbocycles. The van der Waals surface area contributed by atoms with E-state index in [4.69, 9.17) is 9.15 Å². The second-order valence-corrected chi connectivity index (χ2v) is 5.86. The van der Waals surface area contributed by atoms with Gasteiger partial charge in [-0.1, -0.05) is 31.2 Å². The van der Waals surface area contributed by atoms with Gasteiger partial charge in [-0.05, 0) is 35.4 Å². The second kappa shape index (κ2) is 7.78. The van der Waals surface area contributed by atoms with Gasteiger partial charge in [0.2, 0.25) is 11.2 Å². The molecule has 0 atom stereocenters. The zero-order chi connectivity index (χ0) is 18.5. The SMILES string of the molecule is CCc1cc(=O)c(O)c(CNc2ccc(-c3ccc(OC)cc3)cc2)o1.